The van der Waals surface area contributed by atoms with Gasteiger partial charge in [0.2, 0.25) is 0 Å². The Balaban J connectivity index is 2.06. The highest BCUT2D eigenvalue weighted by molar-refractivity contribution is 6.50. The third-order valence-electron chi connectivity index (χ3n) is 5.90. The van der Waals surface area contributed by atoms with Gasteiger partial charge in [-0.05, 0) is 24.6 Å². The van der Waals surface area contributed by atoms with E-state index in [1.165, 1.54) is 31.2 Å². The molecule has 7 nitrogen and oxygen atoms in total. The van der Waals surface area contributed by atoms with Crippen molar-refractivity contribution in [1.29, 1.82) is 0 Å². The van der Waals surface area contributed by atoms with Crippen LogP contribution in [0, 0.1) is 12.7 Å². The van der Waals surface area contributed by atoms with Gasteiger partial charge in [0.15, 0.2) is 5.54 Å². The molecule has 0 bridgehead atoms. The van der Waals surface area contributed by atoms with Crippen LogP contribution >= 0.6 is 0 Å². The van der Waals surface area contributed by atoms with E-state index >= 15 is 0 Å². The third-order valence-corrected chi connectivity index (χ3v) is 5.90. The quantitative estimate of drug-likeness (QED) is 0.463. The summed E-state index contributed by atoms with van der Waals surface area (Å²) in [5.74, 6) is -3.67. The van der Waals surface area contributed by atoms with Gasteiger partial charge < -0.3 is 19.6 Å². The number of aryl methyl sites for hydroxylation is 1. The number of hydrogen-bond acceptors (Lipinski definition) is 5. The lowest BCUT2D eigenvalue weighted by atomic mass is 9.82. The van der Waals surface area contributed by atoms with Gasteiger partial charge in [-0.1, -0.05) is 30.3 Å². The molecular formula is C23H21FN2O5. The second-order valence-corrected chi connectivity index (χ2v) is 7.56. The van der Waals surface area contributed by atoms with Crippen LogP contribution in [-0.4, -0.2) is 54.9 Å². The molecule has 2 aliphatic heterocycles. The largest absolute Gasteiger partial charge is 0.507 e. The molecule has 1 spiro atoms. The fourth-order valence-corrected chi connectivity index (χ4v) is 4.34. The standard InChI is InChI=1S/C23H21FN2O5/c1-13-8-9-14(12-16(13)24)19(27)18-20(28)21(29)26(10-11-31-3)23(18)15-6-4-5-7-17(15)25(2)22(23)30/h4-9,12,27H,10-11H2,1-3H3/b19-18+. The smallest absolute Gasteiger partial charge is 0.296 e. The highest BCUT2D eigenvalue weighted by Gasteiger charge is 2.66. The first kappa shape index (κ1) is 20.7. The van der Waals surface area contributed by atoms with Gasteiger partial charge in [-0.2, -0.15) is 0 Å². The summed E-state index contributed by atoms with van der Waals surface area (Å²) in [7, 11) is 2.98. The number of carbonyl (C=O) groups is 3. The maximum absolute atomic E-state index is 14.2. The summed E-state index contributed by atoms with van der Waals surface area (Å²) in [5, 5.41) is 11.1. The molecule has 2 aromatic carbocycles. The lowest BCUT2D eigenvalue weighted by Gasteiger charge is -2.34. The molecule has 0 radical (unpaired) electrons. The van der Waals surface area contributed by atoms with E-state index in [-0.39, 0.29) is 24.3 Å². The van der Waals surface area contributed by atoms with Gasteiger partial charge in [-0.3, -0.25) is 14.4 Å². The topological polar surface area (TPSA) is 87.1 Å². The number of ketones is 1. The predicted molar refractivity (Wildman–Crippen MR) is 111 cm³/mol. The molecule has 1 fully saturated rings. The summed E-state index contributed by atoms with van der Waals surface area (Å²) in [5.41, 5.74) is -0.965. The Bertz CT molecular complexity index is 1160. The number of anilines is 1. The first-order valence-corrected chi connectivity index (χ1v) is 9.70. The number of nitrogens with zero attached hydrogens (tertiary/aromatic N) is 2. The van der Waals surface area contributed by atoms with Crippen molar-refractivity contribution in [3.8, 4) is 0 Å². The number of carbonyl (C=O) groups excluding carboxylic acids is 3. The number of aliphatic hydroxyl groups is 1. The van der Waals surface area contributed by atoms with Crippen molar-refractivity contribution in [3.05, 3.63) is 70.5 Å². The lowest BCUT2D eigenvalue weighted by molar-refractivity contribution is -0.144. The summed E-state index contributed by atoms with van der Waals surface area (Å²) >= 11 is 0. The van der Waals surface area contributed by atoms with Crippen LogP contribution in [0.4, 0.5) is 10.1 Å². The van der Waals surface area contributed by atoms with Crippen LogP contribution in [0.3, 0.4) is 0 Å². The van der Waals surface area contributed by atoms with Crippen molar-refractivity contribution in [3.63, 3.8) is 0 Å². The maximum atomic E-state index is 14.2. The monoisotopic (exact) mass is 424 g/mol. The van der Waals surface area contributed by atoms with E-state index < -0.39 is 34.7 Å². The molecule has 2 aromatic rings. The van der Waals surface area contributed by atoms with Crippen LogP contribution in [0.2, 0.25) is 0 Å². The number of benzene rings is 2. The van der Waals surface area contributed by atoms with Crippen molar-refractivity contribution in [2.24, 2.45) is 0 Å². The summed E-state index contributed by atoms with van der Waals surface area (Å²) in [6.45, 7) is 1.59. The minimum absolute atomic E-state index is 0.00653. The second kappa shape index (κ2) is 7.31. The Morgan fingerprint density at radius 2 is 1.87 bits per heavy atom. The zero-order chi connectivity index (χ0) is 22.5. The average molecular weight is 424 g/mol. The van der Waals surface area contributed by atoms with Crippen LogP contribution in [0.1, 0.15) is 16.7 Å². The SMILES string of the molecule is COCCN1C(=O)C(=O)/C(=C(\O)c2ccc(C)c(F)c2)C12C(=O)N(C)c1ccccc12. The van der Waals surface area contributed by atoms with Crippen LogP contribution in [0.15, 0.2) is 48.0 Å². The van der Waals surface area contributed by atoms with E-state index in [2.05, 4.69) is 0 Å². The highest BCUT2D eigenvalue weighted by Crippen LogP contribution is 2.53. The van der Waals surface area contributed by atoms with Gasteiger partial charge in [0.25, 0.3) is 17.6 Å². The third kappa shape index (κ3) is 2.71. The Kier molecular flexibility index (Phi) is 4.89. The summed E-state index contributed by atoms with van der Waals surface area (Å²) in [4.78, 5) is 42.3. The number of ether oxygens (including phenoxy) is 1. The number of methoxy groups -OCH3 is 1. The van der Waals surface area contributed by atoms with Gasteiger partial charge in [0.1, 0.15) is 11.6 Å². The Morgan fingerprint density at radius 3 is 2.55 bits per heavy atom. The molecule has 0 aliphatic carbocycles. The Labute approximate surface area is 178 Å². The van der Waals surface area contributed by atoms with E-state index in [1.807, 2.05) is 0 Å². The van der Waals surface area contributed by atoms with Crippen molar-refractivity contribution >= 4 is 29.0 Å². The van der Waals surface area contributed by atoms with Gasteiger partial charge >= 0.3 is 0 Å². The van der Waals surface area contributed by atoms with Gasteiger partial charge in [-0.15, -0.1) is 0 Å². The first-order chi connectivity index (χ1) is 14.8. The number of rotatable bonds is 4. The molecule has 1 atom stereocenters. The molecule has 2 aliphatic rings. The van der Waals surface area contributed by atoms with Crippen molar-refractivity contribution < 1.29 is 28.6 Å². The van der Waals surface area contributed by atoms with E-state index in [0.29, 0.717) is 16.8 Å². The number of fused-ring (bicyclic) bond motifs is 2. The Morgan fingerprint density at radius 1 is 1.16 bits per heavy atom. The van der Waals surface area contributed by atoms with E-state index in [0.717, 1.165) is 11.0 Å². The number of aliphatic hydroxyl groups excluding tert-OH is 1. The summed E-state index contributed by atoms with van der Waals surface area (Å²) in [6.07, 6.45) is 0. The summed E-state index contributed by atoms with van der Waals surface area (Å²) < 4.78 is 19.3. The molecule has 2 heterocycles. The minimum Gasteiger partial charge on any atom is -0.507 e. The van der Waals surface area contributed by atoms with Gasteiger partial charge in [0.05, 0.1) is 12.2 Å². The summed E-state index contributed by atoms with van der Waals surface area (Å²) in [6, 6.07) is 10.7. The number of likely N-dealkylation sites (N-methyl/N-ethyl adjacent to an activating group) is 1. The molecule has 1 unspecified atom stereocenters. The average Bonchev–Trinajstić information content (AvgIpc) is 3.12. The number of likely N-dealkylation sites (tertiary alicyclic amines) is 1. The van der Waals surface area contributed by atoms with Gasteiger partial charge in [-0.25, -0.2) is 4.39 Å². The normalized spacial score (nSPS) is 22.0. The molecule has 4 rings (SSSR count). The number of Topliss-reactive ketones (excluding diaryl/α,β-unsaturated/α-hetero) is 1. The zero-order valence-corrected chi connectivity index (χ0v) is 17.3. The van der Waals surface area contributed by atoms with Crippen LogP contribution < -0.4 is 4.90 Å². The molecule has 31 heavy (non-hydrogen) atoms. The van der Waals surface area contributed by atoms with Crippen molar-refractivity contribution in [2.75, 3.05) is 32.2 Å². The maximum Gasteiger partial charge on any atom is 0.296 e. The molecule has 1 saturated heterocycles. The number of amides is 2. The molecule has 0 saturated carbocycles. The molecule has 2 amide bonds. The fraction of sp³-hybridized carbons (Fsp3) is 0.261. The van der Waals surface area contributed by atoms with Crippen LogP contribution in [0.25, 0.3) is 5.76 Å². The highest BCUT2D eigenvalue weighted by atomic mass is 19.1. The number of hydrogen-bond donors (Lipinski definition) is 1. The molecular weight excluding hydrogens is 403 g/mol. The van der Waals surface area contributed by atoms with E-state index in [1.54, 1.807) is 31.2 Å². The lowest BCUT2D eigenvalue weighted by Crippen LogP contribution is -2.52. The second-order valence-electron chi connectivity index (χ2n) is 7.56. The molecule has 0 aromatic heterocycles. The molecule has 160 valence electrons. The van der Waals surface area contributed by atoms with Crippen molar-refractivity contribution in [2.45, 2.75) is 12.5 Å². The number of halogens is 1. The minimum atomic E-state index is -1.86. The van der Waals surface area contributed by atoms with Crippen molar-refractivity contribution in [1.82, 2.24) is 4.90 Å². The predicted octanol–water partition coefficient (Wildman–Crippen LogP) is 2.33. The van der Waals surface area contributed by atoms with Crippen LogP contribution in [0.5, 0.6) is 0 Å². The molecule has 8 heteroatoms. The van der Waals surface area contributed by atoms with Gasteiger partial charge in [0, 0.05) is 37.5 Å². The Hall–Kier alpha value is -3.52. The van der Waals surface area contributed by atoms with E-state index in [4.69, 9.17) is 4.74 Å². The molecule has 1 N–H and O–H groups in total. The van der Waals surface area contributed by atoms with E-state index in [9.17, 15) is 23.9 Å². The number of para-hydroxylation sites is 1. The zero-order valence-electron chi connectivity index (χ0n) is 17.3. The first-order valence-electron chi connectivity index (χ1n) is 9.70. The fourth-order valence-electron chi connectivity index (χ4n) is 4.34. The van der Waals surface area contributed by atoms with Crippen LogP contribution in [-0.2, 0) is 24.7 Å².